The minimum absolute atomic E-state index is 0.00400. The van der Waals surface area contributed by atoms with Crippen LogP contribution in [0.4, 0.5) is 5.13 Å². The van der Waals surface area contributed by atoms with Crippen LogP contribution in [0.1, 0.15) is 44.2 Å². The van der Waals surface area contributed by atoms with Crippen molar-refractivity contribution >= 4 is 32.2 Å². The van der Waals surface area contributed by atoms with Gasteiger partial charge in [-0.2, -0.15) is 0 Å². The van der Waals surface area contributed by atoms with E-state index in [1.165, 1.54) is 0 Å². The third kappa shape index (κ3) is 5.25. The molecule has 1 heterocycles. The monoisotopic (exact) mass is 397 g/mol. The molecular formula is C17H23N3O4S2. The number of rotatable bonds is 8. The Morgan fingerprint density at radius 3 is 2.69 bits per heavy atom. The summed E-state index contributed by atoms with van der Waals surface area (Å²) in [5, 5.41) is 10.0. The normalized spacial score (nSPS) is 11.6. The van der Waals surface area contributed by atoms with E-state index in [4.69, 9.17) is 4.74 Å². The van der Waals surface area contributed by atoms with Gasteiger partial charge in [0.25, 0.3) is 5.91 Å². The minimum Gasteiger partial charge on any atom is -0.483 e. The van der Waals surface area contributed by atoms with Crippen molar-refractivity contribution in [2.75, 3.05) is 17.7 Å². The lowest BCUT2D eigenvalue weighted by atomic mass is 10.0. The molecular weight excluding hydrogens is 374 g/mol. The first-order valence-corrected chi connectivity index (χ1v) is 10.8. The van der Waals surface area contributed by atoms with E-state index in [1.54, 1.807) is 6.92 Å². The molecule has 0 unspecified atom stereocenters. The zero-order valence-electron chi connectivity index (χ0n) is 15.3. The van der Waals surface area contributed by atoms with Gasteiger partial charge in [0.2, 0.25) is 19.3 Å². The predicted octanol–water partition coefficient (Wildman–Crippen LogP) is 3.17. The molecule has 0 atom stereocenters. The SMILES string of the molecule is CCCS(=O)(=O)c1nnc(NC(=O)COc2cc(C)ccc2C(C)C)s1. The van der Waals surface area contributed by atoms with Crippen LogP contribution < -0.4 is 10.1 Å². The van der Waals surface area contributed by atoms with Crippen molar-refractivity contribution < 1.29 is 17.9 Å². The van der Waals surface area contributed by atoms with E-state index >= 15 is 0 Å². The maximum absolute atomic E-state index is 12.1. The van der Waals surface area contributed by atoms with Gasteiger partial charge in [-0.1, -0.05) is 44.2 Å². The Hall–Kier alpha value is -2.00. The molecule has 0 bridgehead atoms. The van der Waals surface area contributed by atoms with Gasteiger partial charge in [0.05, 0.1) is 5.75 Å². The van der Waals surface area contributed by atoms with Crippen molar-refractivity contribution in [3.8, 4) is 5.75 Å². The van der Waals surface area contributed by atoms with Crippen LogP contribution in [0.2, 0.25) is 0 Å². The number of aromatic nitrogens is 2. The number of amides is 1. The van der Waals surface area contributed by atoms with Crippen molar-refractivity contribution in [1.82, 2.24) is 10.2 Å². The number of nitrogens with zero attached hydrogens (tertiary/aromatic N) is 2. The third-order valence-corrected chi connectivity index (χ3v) is 6.75. The maximum Gasteiger partial charge on any atom is 0.264 e. The lowest BCUT2D eigenvalue weighted by Gasteiger charge is -2.14. The summed E-state index contributed by atoms with van der Waals surface area (Å²) in [6, 6.07) is 5.88. The smallest absolute Gasteiger partial charge is 0.264 e. The zero-order chi connectivity index (χ0) is 19.3. The van der Waals surface area contributed by atoms with Crippen molar-refractivity contribution in [3.05, 3.63) is 29.3 Å². The molecule has 7 nitrogen and oxygen atoms in total. The second kappa shape index (κ2) is 8.59. The topological polar surface area (TPSA) is 98.3 Å². The van der Waals surface area contributed by atoms with Gasteiger partial charge in [-0.3, -0.25) is 10.1 Å². The van der Waals surface area contributed by atoms with Crippen LogP contribution in [0.25, 0.3) is 0 Å². The van der Waals surface area contributed by atoms with E-state index in [2.05, 4.69) is 29.4 Å². The molecule has 0 aliphatic carbocycles. The van der Waals surface area contributed by atoms with E-state index in [0.717, 1.165) is 22.5 Å². The average molecular weight is 398 g/mol. The summed E-state index contributed by atoms with van der Waals surface area (Å²) in [5.41, 5.74) is 2.06. The molecule has 0 aliphatic rings. The molecule has 1 amide bonds. The summed E-state index contributed by atoms with van der Waals surface area (Å²) < 4.78 is 29.5. The van der Waals surface area contributed by atoms with E-state index < -0.39 is 15.7 Å². The molecule has 2 rings (SSSR count). The maximum atomic E-state index is 12.1. The highest BCUT2D eigenvalue weighted by atomic mass is 32.2. The summed E-state index contributed by atoms with van der Waals surface area (Å²) >= 11 is 0.843. The first-order chi connectivity index (χ1) is 12.2. The van der Waals surface area contributed by atoms with Gasteiger partial charge < -0.3 is 4.74 Å². The largest absolute Gasteiger partial charge is 0.483 e. The zero-order valence-corrected chi connectivity index (χ0v) is 16.9. The van der Waals surface area contributed by atoms with Crippen LogP contribution in [-0.4, -0.2) is 36.9 Å². The average Bonchev–Trinajstić information content (AvgIpc) is 3.02. The molecule has 1 N–H and O–H groups in total. The van der Waals surface area contributed by atoms with Crippen LogP contribution in [0.3, 0.4) is 0 Å². The Balaban J connectivity index is 2.00. The lowest BCUT2D eigenvalue weighted by molar-refractivity contribution is -0.118. The van der Waals surface area contributed by atoms with Crippen molar-refractivity contribution in [2.45, 2.75) is 44.4 Å². The number of sulfone groups is 1. The molecule has 0 saturated carbocycles. The number of nitrogens with one attached hydrogen (secondary N) is 1. The molecule has 2 aromatic rings. The first kappa shape index (κ1) is 20.3. The molecule has 0 saturated heterocycles. The van der Waals surface area contributed by atoms with Crippen molar-refractivity contribution in [3.63, 3.8) is 0 Å². The van der Waals surface area contributed by atoms with Crippen LogP contribution in [0.5, 0.6) is 5.75 Å². The highest BCUT2D eigenvalue weighted by Gasteiger charge is 2.20. The number of carbonyl (C=O) groups is 1. The Bertz CT molecular complexity index is 876. The standard InChI is InChI=1S/C17H23N3O4S2/c1-5-8-26(22,23)17-20-19-16(25-17)18-15(21)10-24-14-9-12(4)6-7-13(14)11(2)3/h6-7,9,11H,5,8,10H2,1-4H3,(H,18,19,21). The van der Waals surface area contributed by atoms with Gasteiger partial charge in [-0.25, -0.2) is 8.42 Å². The summed E-state index contributed by atoms with van der Waals surface area (Å²) in [4.78, 5) is 12.1. The second-order valence-corrected chi connectivity index (χ2v) is 9.49. The summed E-state index contributed by atoms with van der Waals surface area (Å²) in [6.07, 6.45) is 0.492. The summed E-state index contributed by atoms with van der Waals surface area (Å²) in [7, 11) is -3.44. The van der Waals surface area contributed by atoms with Crippen LogP contribution in [-0.2, 0) is 14.6 Å². The fourth-order valence-electron chi connectivity index (χ4n) is 2.28. The van der Waals surface area contributed by atoms with Gasteiger partial charge in [0, 0.05) is 0 Å². The van der Waals surface area contributed by atoms with Gasteiger partial charge in [-0.05, 0) is 36.5 Å². The number of hydrogen-bond donors (Lipinski definition) is 1. The lowest BCUT2D eigenvalue weighted by Crippen LogP contribution is -2.20. The van der Waals surface area contributed by atoms with Crippen LogP contribution in [0, 0.1) is 6.92 Å². The van der Waals surface area contributed by atoms with Crippen LogP contribution >= 0.6 is 11.3 Å². The molecule has 0 spiro atoms. The Morgan fingerprint density at radius 1 is 1.31 bits per heavy atom. The van der Waals surface area contributed by atoms with E-state index in [1.807, 2.05) is 25.1 Å². The number of hydrogen-bond acceptors (Lipinski definition) is 7. The molecule has 1 aromatic carbocycles. The number of benzene rings is 1. The number of aryl methyl sites for hydroxylation is 1. The highest BCUT2D eigenvalue weighted by Crippen LogP contribution is 2.27. The molecule has 26 heavy (non-hydrogen) atoms. The van der Waals surface area contributed by atoms with Crippen molar-refractivity contribution in [1.29, 1.82) is 0 Å². The number of ether oxygens (including phenoxy) is 1. The van der Waals surface area contributed by atoms with Gasteiger partial charge in [-0.15, -0.1) is 10.2 Å². The van der Waals surface area contributed by atoms with Gasteiger partial charge in [0.15, 0.2) is 6.61 Å². The molecule has 0 aliphatic heterocycles. The molecule has 1 aromatic heterocycles. The van der Waals surface area contributed by atoms with Gasteiger partial charge >= 0.3 is 0 Å². The third-order valence-electron chi connectivity index (χ3n) is 3.54. The molecule has 142 valence electrons. The summed E-state index contributed by atoms with van der Waals surface area (Å²) in [5.74, 6) is 0.517. The molecule has 0 radical (unpaired) electrons. The predicted molar refractivity (Wildman–Crippen MR) is 102 cm³/mol. The second-order valence-electron chi connectivity index (χ2n) is 6.22. The Kier molecular flexibility index (Phi) is 6.71. The first-order valence-electron chi connectivity index (χ1n) is 8.32. The quantitative estimate of drug-likeness (QED) is 0.687. The number of carbonyl (C=O) groups excluding carboxylic acids is 1. The van der Waals surface area contributed by atoms with E-state index in [-0.39, 0.29) is 27.7 Å². The highest BCUT2D eigenvalue weighted by molar-refractivity contribution is 7.93. The minimum atomic E-state index is -3.44. The Morgan fingerprint density at radius 2 is 2.04 bits per heavy atom. The summed E-state index contributed by atoms with van der Waals surface area (Å²) in [6.45, 7) is 7.64. The van der Waals surface area contributed by atoms with Crippen LogP contribution in [0.15, 0.2) is 22.5 Å². The van der Waals surface area contributed by atoms with Crippen molar-refractivity contribution in [2.24, 2.45) is 0 Å². The molecule has 9 heteroatoms. The van der Waals surface area contributed by atoms with Gasteiger partial charge in [0.1, 0.15) is 5.75 Å². The van der Waals surface area contributed by atoms with E-state index in [0.29, 0.717) is 12.2 Å². The van der Waals surface area contributed by atoms with E-state index in [9.17, 15) is 13.2 Å². The Labute approximate surface area is 157 Å². The number of anilines is 1. The fraction of sp³-hybridized carbons (Fsp3) is 0.471. The molecule has 0 fully saturated rings. The fourth-order valence-corrected chi connectivity index (χ4v) is 4.65.